The lowest BCUT2D eigenvalue weighted by Crippen LogP contribution is -2.43. The summed E-state index contributed by atoms with van der Waals surface area (Å²) in [5.74, 6) is -0.998. The van der Waals surface area contributed by atoms with E-state index in [0.717, 1.165) is 22.6 Å². The lowest BCUT2D eigenvalue weighted by atomic mass is 9.92. The number of ether oxygens (including phenoxy) is 2. The molecule has 1 fully saturated rings. The summed E-state index contributed by atoms with van der Waals surface area (Å²) in [6, 6.07) is 10.9. The number of hydrogen-bond acceptors (Lipinski definition) is 5. The van der Waals surface area contributed by atoms with Crippen molar-refractivity contribution in [3.05, 3.63) is 59.7 Å². The highest BCUT2D eigenvalue weighted by atomic mass is 19.4. The second-order valence-corrected chi connectivity index (χ2v) is 7.62. The Kier molecular flexibility index (Phi) is 6.52. The van der Waals surface area contributed by atoms with Gasteiger partial charge < -0.3 is 19.7 Å². The van der Waals surface area contributed by atoms with Gasteiger partial charge in [-0.25, -0.2) is 4.79 Å². The molecule has 0 bridgehead atoms. The molecule has 1 heterocycles. The number of rotatable bonds is 7. The summed E-state index contributed by atoms with van der Waals surface area (Å²) in [5.41, 5.74) is -0.497. The van der Waals surface area contributed by atoms with Crippen molar-refractivity contribution in [2.45, 2.75) is 25.4 Å². The average Bonchev–Trinajstić information content (AvgIpc) is 2.97. The zero-order valence-electron chi connectivity index (χ0n) is 18.1. The van der Waals surface area contributed by atoms with E-state index in [1.165, 1.54) is 31.1 Å². The van der Waals surface area contributed by atoms with E-state index in [4.69, 9.17) is 4.74 Å². The first-order valence-corrected chi connectivity index (χ1v) is 9.80. The van der Waals surface area contributed by atoms with Gasteiger partial charge in [0.05, 0.1) is 7.11 Å². The first kappa shape index (κ1) is 23.9. The summed E-state index contributed by atoms with van der Waals surface area (Å²) in [6.07, 6.45) is -4.85. The molecule has 1 unspecified atom stereocenters. The standard InChI is InChI=1S/C22H22F3N3O5/c1-21(15-7-9-16(10-8-15)33-22(23,24)25)19(30)28(20(31)26-21)13-18(29)27(2)12-14-5-4-6-17(11-14)32-3/h4-11H,12-13H2,1-3H3,(H,26,31). The molecule has 0 radical (unpaired) electrons. The number of nitrogens with one attached hydrogen (secondary N) is 1. The normalized spacial score (nSPS) is 18.2. The molecule has 0 spiro atoms. The van der Waals surface area contributed by atoms with E-state index in [9.17, 15) is 27.6 Å². The van der Waals surface area contributed by atoms with Gasteiger partial charge in [0.25, 0.3) is 5.91 Å². The highest BCUT2D eigenvalue weighted by Crippen LogP contribution is 2.31. The van der Waals surface area contributed by atoms with E-state index in [1.54, 1.807) is 25.2 Å². The first-order valence-electron chi connectivity index (χ1n) is 9.80. The van der Waals surface area contributed by atoms with Crippen LogP contribution >= 0.6 is 0 Å². The fraction of sp³-hybridized carbons (Fsp3) is 0.318. The van der Waals surface area contributed by atoms with Crippen molar-refractivity contribution < 1.29 is 37.0 Å². The molecule has 2 aromatic carbocycles. The molecule has 8 nitrogen and oxygen atoms in total. The number of hydrogen-bond donors (Lipinski definition) is 1. The third-order valence-electron chi connectivity index (χ3n) is 5.21. The van der Waals surface area contributed by atoms with Crippen molar-refractivity contribution in [3.8, 4) is 11.5 Å². The van der Waals surface area contributed by atoms with Crippen LogP contribution in [0.3, 0.4) is 0 Å². The fourth-order valence-corrected chi connectivity index (χ4v) is 3.41. The van der Waals surface area contributed by atoms with Crippen LogP contribution in [0.5, 0.6) is 11.5 Å². The minimum Gasteiger partial charge on any atom is -0.497 e. The Morgan fingerprint density at radius 3 is 2.39 bits per heavy atom. The SMILES string of the molecule is COc1cccc(CN(C)C(=O)CN2C(=O)NC(C)(c3ccc(OC(F)(F)F)cc3)C2=O)c1. The van der Waals surface area contributed by atoms with Crippen LogP contribution in [-0.4, -0.2) is 54.7 Å². The van der Waals surface area contributed by atoms with E-state index in [1.807, 2.05) is 6.07 Å². The number of likely N-dealkylation sites (N-methyl/N-ethyl adjacent to an activating group) is 1. The highest BCUT2D eigenvalue weighted by molar-refractivity contribution is 6.09. The number of imide groups is 1. The number of carbonyl (C=O) groups is 3. The monoisotopic (exact) mass is 465 g/mol. The minimum atomic E-state index is -4.85. The third kappa shape index (κ3) is 5.36. The molecule has 0 aromatic heterocycles. The number of alkyl halides is 3. The molecule has 176 valence electrons. The molecule has 2 aromatic rings. The summed E-state index contributed by atoms with van der Waals surface area (Å²) in [5, 5.41) is 2.51. The van der Waals surface area contributed by atoms with E-state index < -0.39 is 42.0 Å². The molecule has 1 atom stereocenters. The number of benzene rings is 2. The molecule has 4 amide bonds. The van der Waals surface area contributed by atoms with E-state index in [-0.39, 0.29) is 12.1 Å². The second kappa shape index (κ2) is 9.00. The lowest BCUT2D eigenvalue weighted by molar-refractivity contribution is -0.274. The average molecular weight is 465 g/mol. The zero-order chi connectivity index (χ0) is 24.4. The van der Waals surface area contributed by atoms with Crippen LogP contribution in [-0.2, 0) is 21.7 Å². The Bertz CT molecular complexity index is 1060. The maximum absolute atomic E-state index is 13.0. The zero-order valence-corrected chi connectivity index (χ0v) is 18.1. The van der Waals surface area contributed by atoms with Crippen LogP contribution in [0.2, 0.25) is 0 Å². The molecule has 1 aliphatic rings. The van der Waals surface area contributed by atoms with Gasteiger partial charge in [-0.3, -0.25) is 14.5 Å². The Morgan fingerprint density at radius 2 is 1.79 bits per heavy atom. The van der Waals surface area contributed by atoms with Crippen LogP contribution in [0.4, 0.5) is 18.0 Å². The number of halogens is 3. The quantitative estimate of drug-likeness (QED) is 0.636. The van der Waals surface area contributed by atoms with Crippen molar-refractivity contribution in [2.24, 2.45) is 0 Å². The first-order chi connectivity index (χ1) is 15.4. The van der Waals surface area contributed by atoms with E-state index >= 15 is 0 Å². The largest absolute Gasteiger partial charge is 0.573 e. The molecule has 1 N–H and O–H groups in total. The van der Waals surface area contributed by atoms with Crippen LogP contribution in [0.25, 0.3) is 0 Å². The number of carbonyl (C=O) groups excluding carboxylic acids is 3. The minimum absolute atomic E-state index is 0.234. The molecular formula is C22H22F3N3O5. The molecule has 1 saturated heterocycles. The second-order valence-electron chi connectivity index (χ2n) is 7.62. The smallest absolute Gasteiger partial charge is 0.497 e. The number of methoxy groups -OCH3 is 1. The van der Waals surface area contributed by atoms with Gasteiger partial charge in [-0.15, -0.1) is 13.2 Å². The summed E-state index contributed by atoms with van der Waals surface area (Å²) < 4.78 is 46.1. The van der Waals surface area contributed by atoms with Crippen molar-refractivity contribution in [1.82, 2.24) is 15.1 Å². The van der Waals surface area contributed by atoms with E-state index in [0.29, 0.717) is 5.75 Å². The Labute approximate surface area is 187 Å². The van der Waals surface area contributed by atoms with Crippen LogP contribution in [0.15, 0.2) is 48.5 Å². The predicted octanol–water partition coefficient (Wildman–Crippen LogP) is 3.02. The van der Waals surface area contributed by atoms with Gasteiger partial charge in [-0.2, -0.15) is 0 Å². The van der Waals surface area contributed by atoms with Crippen molar-refractivity contribution in [1.29, 1.82) is 0 Å². The number of amides is 4. The summed E-state index contributed by atoms with van der Waals surface area (Å²) in [7, 11) is 3.07. The van der Waals surface area contributed by atoms with Gasteiger partial charge in [0, 0.05) is 13.6 Å². The number of urea groups is 1. The molecule has 1 aliphatic heterocycles. The topological polar surface area (TPSA) is 88.2 Å². The highest BCUT2D eigenvalue weighted by Gasteiger charge is 2.49. The molecular weight excluding hydrogens is 443 g/mol. The molecule has 0 aliphatic carbocycles. The Morgan fingerprint density at radius 1 is 1.12 bits per heavy atom. The van der Waals surface area contributed by atoms with Gasteiger partial charge in [0.1, 0.15) is 23.6 Å². The van der Waals surface area contributed by atoms with Crippen molar-refractivity contribution >= 4 is 17.8 Å². The fourth-order valence-electron chi connectivity index (χ4n) is 3.41. The molecule has 11 heteroatoms. The molecule has 3 rings (SSSR count). The number of nitrogens with zero attached hydrogens (tertiary/aromatic N) is 2. The molecule has 33 heavy (non-hydrogen) atoms. The summed E-state index contributed by atoms with van der Waals surface area (Å²) >= 11 is 0. The Balaban J connectivity index is 1.69. The van der Waals surface area contributed by atoms with Gasteiger partial charge in [0.2, 0.25) is 5.91 Å². The van der Waals surface area contributed by atoms with Crippen LogP contribution in [0.1, 0.15) is 18.1 Å². The van der Waals surface area contributed by atoms with Crippen molar-refractivity contribution in [3.63, 3.8) is 0 Å². The molecule has 0 saturated carbocycles. The van der Waals surface area contributed by atoms with Gasteiger partial charge >= 0.3 is 12.4 Å². The van der Waals surface area contributed by atoms with Crippen LogP contribution in [0, 0.1) is 0 Å². The Hall–Kier alpha value is -3.76. The van der Waals surface area contributed by atoms with Gasteiger partial charge in [-0.05, 0) is 42.3 Å². The summed E-state index contributed by atoms with van der Waals surface area (Å²) in [4.78, 5) is 40.3. The third-order valence-corrected chi connectivity index (χ3v) is 5.21. The van der Waals surface area contributed by atoms with Crippen molar-refractivity contribution in [2.75, 3.05) is 20.7 Å². The van der Waals surface area contributed by atoms with Crippen LogP contribution < -0.4 is 14.8 Å². The maximum Gasteiger partial charge on any atom is 0.573 e. The van der Waals surface area contributed by atoms with Gasteiger partial charge in [-0.1, -0.05) is 24.3 Å². The van der Waals surface area contributed by atoms with Gasteiger partial charge in [0.15, 0.2) is 0 Å². The maximum atomic E-state index is 13.0. The predicted molar refractivity (Wildman–Crippen MR) is 110 cm³/mol. The summed E-state index contributed by atoms with van der Waals surface area (Å²) in [6.45, 7) is 1.16. The van der Waals surface area contributed by atoms with E-state index in [2.05, 4.69) is 10.1 Å². The lowest BCUT2D eigenvalue weighted by Gasteiger charge is -2.23.